The maximum atomic E-state index is 6.18. The molecule has 0 aliphatic heterocycles. The van der Waals surface area contributed by atoms with Crippen molar-refractivity contribution in [2.75, 3.05) is 6.61 Å². The zero-order valence-electron chi connectivity index (χ0n) is 14.2. The fourth-order valence-electron chi connectivity index (χ4n) is 1.72. The van der Waals surface area contributed by atoms with Crippen LogP contribution in [0.4, 0.5) is 0 Å². The van der Waals surface area contributed by atoms with Gasteiger partial charge in [0.15, 0.2) is 8.32 Å². The fourth-order valence-corrected chi connectivity index (χ4v) is 2.81. The van der Waals surface area contributed by atoms with E-state index in [1.165, 1.54) is 44.9 Å². The van der Waals surface area contributed by atoms with Crippen molar-refractivity contribution in [1.82, 2.24) is 0 Å². The highest BCUT2D eigenvalue weighted by molar-refractivity contribution is 6.74. The minimum absolute atomic E-state index is 0.346. The van der Waals surface area contributed by atoms with Gasteiger partial charge in [0.1, 0.15) is 0 Å². The second-order valence-corrected chi connectivity index (χ2v) is 11.9. The lowest BCUT2D eigenvalue weighted by molar-refractivity contribution is 0.277. The molecular weight excluding hydrogens is 248 g/mol. The average Bonchev–Trinajstić information content (AvgIpc) is 2.30. The lowest BCUT2D eigenvalue weighted by Gasteiger charge is -2.36. The fraction of sp³-hybridized carbons (Fsp3) is 0.882. The van der Waals surface area contributed by atoms with Gasteiger partial charge in [-0.3, -0.25) is 0 Å². The van der Waals surface area contributed by atoms with E-state index in [2.05, 4.69) is 52.9 Å². The Balaban J connectivity index is 3.44. The molecule has 1 nitrogen and oxygen atoms in total. The number of allylic oxidation sites excluding steroid dienone is 2. The first kappa shape index (κ1) is 18.9. The van der Waals surface area contributed by atoms with Crippen molar-refractivity contribution < 1.29 is 4.43 Å². The molecule has 0 fully saturated rings. The molecule has 0 aromatic heterocycles. The molecule has 0 bridgehead atoms. The second kappa shape index (κ2) is 9.76. The van der Waals surface area contributed by atoms with Crippen LogP contribution < -0.4 is 0 Å². The molecule has 0 rings (SSSR count). The van der Waals surface area contributed by atoms with Gasteiger partial charge in [0.2, 0.25) is 0 Å². The van der Waals surface area contributed by atoms with E-state index in [1.807, 2.05) is 0 Å². The van der Waals surface area contributed by atoms with Crippen molar-refractivity contribution in [3.8, 4) is 0 Å². The van der Waals surface area contributed by atoms with E-state index >= 15 is 0 Å². The van der Waals surface area contributed by atoms with Gasteiger partial charge in [0.25, 0.3) is 0 Å². The summed E-state index contributed by atoms with van der Waals surface area (Å²) in [5.74, 6) is 0. The molecule has 0 radical (unpaired) electrons. The summed E-state index contributed by atoms with van der Waals surface area (Å²) in [4.78, 5) is 0. The van der Waals surface area contributed by atoms with Crippen molar-refractivity contribution in [2.24, 2.45) is 0 Å². The molecule has 2 heteroatoms. The first-order valence-corrected chi connectivity index (χ1v) is 11.0. The third kappa shape index (κ3) is 9.45. The van der Waals surface area contributed by atoms with Crippen molar-refractivity contribution in [1.29, 1.82) is 0 Å². The average molecular weight is 285 g/mol. The maximum Gasteiger partial charge on any atom is 0.191 e. The van der Waals surface area contributed by atoms with E-state index in [0.717, 1.165) is 6.61 Å². The molecule has 0 aliphatic carbocycles. The van der Waals surface area contributed by atoms with Crippen LogP contribution in [0.25, 0.3) is 0 Å². The standard InChI is InChI=1S/C17H36OSi/c1-7-8-9-10-11-12-13-14-15-16-18-19(5,6)17(2,3)4/h8-9H,7,10-16H2,1-6H3/b9-8+. The Kier molecular flexibility index (Phi) is 9.72. The molecule has 19 heavy (non-hydrogen) atoms. The van der Waals surface area contributed by atoms with Gasteiger partial charge in [-0.2, -0.15) is 0 Å². The second-order valence-electron chi connectivity index (χ2n) is 7.04. The minimum atomic E-state index is -1.50. The summed E-state index contributed by atoms with van der Waals surface area (Å²) >= 11 is 0. The molecule has 0 aromatic carbocycles. The van der Waals surface area contributed by atoms with E-state index in [9.17, 15) is 0 Å². The Morgan fingerprint density at radius 2 is 1.47 bits per heavy atom. The molecule has 0 aliphatic rings. The van der Waals surface area contributed by atoms with Gasteiger partial charge in [0.05, 0.1) is 0 Å². The van der Waals surface area contributed by atoms with Crippen LogP contribution in [0.3, 0.4) is 0 Å². The van der Waals surface area contributed by atoms with Gasteiger partial charge in [-0.15, -0.1) is 0 Å². The third-order valence-electron chi connectivity index (χ3n) is 4.19. The molecule has 0 unspecified atom stereocenters. The Hall–Kier alpha value is -0.0831. The van der Waals surface area contributed by atoms with Crippen LogP contribution in [0, 0.1) is 0 Å². The molecule has 114 valence electrons. The molecule has 0 spiro atoms. The van der Waals surface area contributed by atoms with E-state index < -0.39 is 8.32 Å². The molecule has 0 amide bonds. The molecule has 0 saturated heterocycles. The van der Waals surface area contributed by atoms with Crippen LogP contribution in [0.2, 0.25) is 18.1 Å². The normalized spacial score (nSPS) is 13.4. The Morgan fingerprint density at radius 1 is 0.895 bits per heavy atom. The third-order valence-corrected chi connectivity index (χ3v) is 8.72. The number of hydrogen-bond acceptors (Lipinski definition) is 1. The molecule has 0 atom stereocenters. The summed E-state index contributed by atoms with van der Waals surface area (Å²) in [5, 5.41) is 0.346. The number of unbranched alkanes of at least 4 members (excludes halogenated alkanes) is 5. The summed E-state index contributed by atoms with van der Waals surface area (Å²) in [6.07, 6.45) is 13.7. The van der Waals surface area contributed by atoms with E-state index in [-0.39, 0.29) is 0 Å². The van der Waals surface area contributed by atoms with Crippen LogP contribution in [0.5, 0.6) is 0 Å². The Labute approximate surface area is 123 Å². The van der Waals surface area contributed by atoms with Gasteiger partial charge in [0, 0.05) is 6.61 Å². The molecule has 0 aromatic rings. The highest BCUT2D eigenvalue weighted by Crippen LogP contribution is 2.36. The van der Waals surface area contributed by atoms with Gasteiger partial charge in [-0.25, -0.2) is 0 Å². The molecular formula is C17H36OSi. The number of rotatable bonds is 10. The largest absolute Gasteiger partial charge is 0.417 e. The lowest BCUT2D eigenvalue weighted by atomic mass is 10.1. The predicted molar refractivity (Wildman–Crippen MR) is 90.3 cm³/mol. The van der Waals surface area contributed by atoms with E-state index in [0.29, 0.717) is 5.04 Å². The van der Waals surface area contributed by atoms with Crippen LogP contribution >= 0.6 is 0 Å². The molecule has 0 saturated carbocycles. The van der Waals surface area contributed by atoms with Crippen LogP contribution in [0.15, 0.2) is 12.2 Å². The SMILES string of the molecule is CC/C=C/CCCCCCCO[Si](C)(C)C(C)(C)C. The van der Waals surface area contributed by atoms with Gasteiger partial charge in [-0.1, -0.05) is 59.1 Å². The van der Waals surface area contributed by atoms with Crippen molar-refractivity contribution in [2.45, 2.75) is 90.8 Å². The van der Waals surface area contributed by atoms with E-state index in [4.69, 9.17) is 4.43 Å². The first-order valence-electron chi connectivity index (χ1n) is 8.10. The molecule has 0 N–H and O–H groups in total. The summed E-state index contributed by atoms with van der Waals surface area (Å²) < 4.78 is 6.18. The highest BCUT2D eigenvalue weighted by atomic mass is 28.4. The monoisotopic (exact) mass is 284 g/mol. The van der Waals surface area contributed by atoms with E-state index in [1.54, 1.807) is 0 Å². The highest BCUT2D eigenvalue weighted by Gasteiger charge is 2.36. The number of hydrogen-bond donors (Lipinski definition) is 0. The van der Waals surface area contributed by atoms with Crippen molar-refractivity contribution in [3.63, 3.8) is 0 Å². The zero-order chi connectivity index (χ0) is 14.8. The summed E-state index contributed by atoms with van der Waals surface area (Å²) in [6, 6.07) is 0. The first-order chi connectivity index (χ1) is 8.81. The van der Waals surface area contributed by atoms with Gasteiger partial charge >= 0.3 is 0 Å². The maximum absolute atomic E-state index is 6.18. The zero-order valence-corrected chi connectivity index (χ0v) is 15.2. The summed E-state index contributed by atoms with van der Waals surface area (Å²) in [7, 11) is -1.50. The van der Waals surface area contributed by atoms with Gasteiger partial charge in [-0.05, 0) is 43.8 Å². The summed E-state index contributed by atoms with van der Waals surface area (Å²) in [5.41, 5.74) is 0. The smallest absolute Gasteiger partial charge is 0.191 e. The van der Waals surface area contributed by atoms with Crippen LogP contribution in [-0.2, 0) is 4.43 Å². The van der Waals surface area contributed by atoms with Gasteiger partial charge < -0.3 is 4.43 Å². The quantitative estimate of drug-likeness (QED) is 0.259. The Morgan fingerprint density at radius 3 is 2.05 bits per heavy atom. The topological polar surface area (TPSA) is 9.23 Å². The van der Waals surface area contributed by atoms with Crippen molar-refractivity contribution in [3.05, 3.63) is 12.2 Å². The minimum Gasteiger partial charge on any atom is -0.417 e. The van der Waals surface area contributed by atoms with Crippen LogP contribution in [-0.4, -0.2) is 14.9 Å². The lowest BCUT2D eigenvalue weighted by Crippen LogP contribution is -2.40. The van der Waals surface area contributed by atoms with Crippen molar-refractivity contribution >= 4 is 8.32 Å². The Bertz CT molecular complexity index is 238. The predicted octanol–water partition coefficient (Wildman–Crippen LogP) is 6.32. The van der Waals surface area contributed by atoms with Crippen LogP contribution in [0.1, 0.15) is 72.6 Å². The summed E-state index contributed by atoms with van der Waals surface area (Å²) in [6.45, 7) is 14.8. The molecule has 0 heterocycles.